The molecule has 0 amide bonds. The van der Waals surface area contributed by atoms with Gasteiger partial charge in [0.2, 0.25) is 0 Å². The molecule has 1 atom stereocenters. The summed E-state index contributed by atoms with van der Waals surface area (Å²) in [7, 11) is 0. The van der Waals surface area contributed by atoms with E-state index in [2.05, 4.69) is 51.2 Å². The van der Waals surface area contributed by atoms with E-state index in [1.807, 2.05) is 0 Å². The van der Waals surface area contributed by atoms with Crippen LogP contribution < -0.4 is 0 Å². The second kappa shape index (κ2) is 3.77. The summed E-state index contributed by atoms with van der Waals surface area (Å²) >= 11 is -0.705. The molecular formula is C13H16Hf. The van der Waals surface area contributed by atoms with Crippen LogP contribution in [0.25, 0.3) is 0 Å². The minimum absolute atomic E-state index is 0.475. The van der Waals surface area contributed by atoms with Gasteiger partial charge in [0, 0.05) is 0 Å². The average molecular weight is 351 g/mol. The van der Waals surface area contributed by atoms with Gasteiger partial charge in [-0.15, -0.1) is 0 Å². The quantitative estimate of drug-likeness (QED) is 0.660. The zero-order chi connectivity index (χ0) is 10.2. The number of rotatable bonds is 2. The summed E-state index contributed by atoms with van der Waals surface area (Å²) in [4.78, 5) is 0. The fraction of sp³-hybridized carbons (Fsp3) is 0.385. The third-order valence-electron chi connectivity index (χ3n) is 3.17. The molecule has 1 heteroatoms. The molecule has 0 heterocycles. The average Bonchev–Trinajstić information content (AvgIpc) is 2.64. The van der Waals surface area contributed by atoms with Gasteiger partial charge >= 0.3 is 98.1 Å². The molecule has 0 bridgehead atoms. The molecule has 0 aromatic carbocycles. The van der Waals surface area contributed by atoms with E-state index in [0.29, 0.717) is 3.17 Å². The van der Waals surface area contributed by atoms with Crippen LogP contribution in [0.4, 0.5) is 0 Å². The first kappa shape index (κ1) is 10.4. The fourth-order valence-electron chi connectivity index (χ4n) is 1.91. The Bertz CT molecular complexity index is 369. The molecule has 0 aliphatic heterocycles. The first-order valence-electron chi connectivity index (χ1n) is 5.13. The maximum absolute atomic E-state index is 2.42. The maximum atomic E-state index is 2.42. The van der Waals surface area contributed by atoms with Crippen LogP contribution in [0, 0.1) is 0 Å². The molecule has 0 saturated carbocycles. The molecule has 2 aliphatic rings. The third kappa shape index (κ3) is 1.79. The van der Waals surface area contributed by atoms with Crippen LogP contribution in [-0.4, -0.2) is 0 Å². The summed E-state index contributed by atoms with van der Waals surface area (Å²) in [5, 5.41) is 0. The Labute approximate surface area is 97.8 Å². The van der Waals surface area contributed by atoms with Crippen molar-refractivity contribution < 1.29 is 22.9 Å². The van der Waals surface area contributed by atoms with Crippen molar-refractivity contribution in [2.75, 3.05) is 0 Å². The van der Waals surface area contributed by atoms with Crippen molar-refractivity contribution in [2.24, 2.45) is 0 Å². The number of allylic oxidation sites excluding steroid dienone is 8. The molecule has 0 radical (unpaired) electrons. The molecule has 14 heavy (non-hydrogen) atoms. The summed E-state index contributed by atoms with van der Waals surface area (Å²) in [6.07, 6.45) is 12.8. The number of hydrogen-bond acceptors (Lipinski definition) is 0. The zero-order valence-electron chi connectivity index (χ0n) is 9.09. The van der Waals surface area contributed by atoms with E-state index in [9.17, 15) is 0 Å². The van der Waals surface area contributed by atoms with Gasteiger partial charge in [-0.25, -0.2) is 0 Å². The second-order valence-corrected chi connectivity index (χ2v) is 11.1. The van der Waals surface area contributed by atoms with Gasteiger partial charge in [0.05, 0.1) is 0 Å². The summed E-state index contributed by atoms with van der Waals surface area (Å²) in [5.41, 5.74) is 3.13. The van der Waals surface area contributed by atoms with Gasteiger partial charge in [-0.2, -0.15) is 0 Å². The van der Waals surface area contributed by atoms with Crippen LogP contribution in [0.1, 0.15) is 27.2 Å². The summed E-state index contributed by atoms with van der Waals surface area (Å²) < 4.78 is 2.27. The van der Waals surface area contributed by atoms with Crippen LogP contribution in [0.15, 0.2) is 44.9 Å². The standard InChI is InChI=1S/C7H9.C6H7.Hf/c1-6-4-3-5-7(6)2;1-6-4-2-3-5-6;/h3-5H,1-2H3;2,4H,3H2,1H3;. The predicted octanol–water partition coefficient (Wildman–Crippen LogP) is 4.00. The predicted molar refractivity (Wildman–Crippen MR) is 57.7 cm³/mol. The van der Waals surface area contributed by atoms with Gasteiger partial charge in [0.25, 0.3) is 0 Å². The van der Waals surface area contributed by atoms with E-state index in [4.69, 9.17) is 0 Å². The fourth-order valence-corrected chi connectivity index (χ4v) is 7.61. The molecule has 0 aromatic heterocycles. The molecule has 2 rings (SSSR count). The van der Waals surface area contributed by atoms with Gasteiger partial charge in [-0.3, -0.25) is 0 Å². The number of hydrogen-bond donors (Lipinski definition) is 0. The molecular weight excluding hydrogens is 335 g/mol. The monoisotopic (exact) mass is 352 g/mol. The van der Waals surface area contributed by atoms with E-state index in [0.717, 1.165) is 0 Å². The zero-order valence-corrected chi connectivity index (χ0v) is 12.7. The van der Waals surface area contributed by atoms with E-state index in [1.165, 1.54) is 6.42 Å². The van der Waals surface area contributed by atoms with Crippen LogP contribution in [0.5, 0.6) is 0 Å². The SMILES string of the molecule is CC1=CC=C[C]1(C)[Hf][C]1=C(C)C=CC1. The molecule has 0 saturated heterocycles. The minimum atomic E-state index is -0.705. The van der Waals surface area contributed by atoms with Crippen molar-refractivity contribution in [3.05, 3.63) is 44.9 Å². The summed E-state index contributed by atoms with van der Waals surface area (Å²) in [6.45, 7) is 6.97. The Hall–Kier alpha value is -0.170. The van der Waals surface area contributed by atoms with Crippen LogP contribution in [-0.2, 0) is 22.9 Å². The van der Waals surface area contributed by atoms with E-state index >= 15 is 0 Å². The van der Waals surface area contributed by atoms with Gasteiger partial charge in [-0.05, 0) is 0 Å². The Morgan fingerprint density at radius 2 is 2.14 bits per heavy atom. The molecule has 2 aliphatic carbocycles. The molecule has 0 spiro atoms. The molecule has 0 nitrogen and oxygen atoms in total. The third-order valence-corrected chi connectivity index (χ3v) is 10.3. The normalized spacial score (nSPS) is 30.1. The van der Waals surface area contributed by atoms with Gasteiger partial charge in [-0.1, -0.05) is 0 Å². The molecule has 0 aromatic rings. The Balaban J connectivity index is 2.16. The molecule has 0 fully saturated rings. The first-order chi connectivity index (χ1) is 6.62. The van der Waals surface area contributed by atoms with Crippen molar-refractivity contribution in [2.45, 2.75) is 30.4 Å². The Morgan fingerprint density at radius 3 is 2.64 bits per heavy atom. The van der Waals surface area contributed by atoms with Crippen molar-refractivity contribution in [1.29, 1.82) is 0 Å². The van der Waals surface area contributed by atoms with Crippen LogP contribution in [0.3, 0.4) is 0 Å². The van der Waals surface area contributed by atoms with Gasteiger partial charge in [0.1, 0.15) is 0 Å². The van der Waals surface area contributed by atoms with Gasteiger partial charge in [0.15, 0.2) is 0 Å². The van der Waals surface area contributed by atoms with Crippen LogP contribution >= 0.6 is 0 Å². The first-order valence-corrected chi connectivity index (χ1v) is 8.72. The second-order valence-electron chi connectivity index (χ2n) is 4.30. The van der Waals surface area contributed by atoms with Crippen molar-refractivity contribution >= 4 is 0 Å². The topological polar surface area (TPSA) is 0 Å². The molecule has 72 valence electrons. The molecule has 0 N–H and O–H groups in total. The van der Waals surface area contributed by atoms with Crippen LogP contribution in [0.2, 0.25) is 3.17 Å². The van der Waals surface area contributed by atoms with Crippen molar-refractivity contribution in [3.63, 3.8) is 0 Å². The molecule has 1 unspecified atom stereocenters. The summed E-state index contributed by atoms with van der Waals surface area (Å²) in [5.74, 6) is 0. The van der Waals surface area contributed by atoms with E-state index < -0.39 is 22.9 Å². The Kier molecular flexibility index (Phi) is 2.79. The van der Waals surface area contributed by atoms with Crippen molar-refractivity contribution in [1.82, 2.24) is 0 Å². The van der Waals surface area contributed by atoms with E-state index in [-0.39, 0.29) is 0 Å². The van der Waals surface area contributed by atoms with E-state index in [1.54, 1.807) is 14.5 Å². The Morgan fingerprint density at radius 1 is 1.36 bits per heavy atom. The summed E-state index contributed by atoms with van der Waals surface area (Å²) in [6, 6.07) is 0. The van der Waals surface area contributed by atoms with Crippen molar-refractivity contribution in [3.8, 4) is 0 Å². The van der Waals surface area contributed by atoms with Gasteiger partial charge < -0.3 is 0 Å².